The highest BCUT2D eigenvalue weighted by atomic mass is 15.3. The maximum Gasteiger partial charge on any atom is 0.255 e. The Bertz CT molecular complexity index is 498. The summed E-state index contributed by atoms with van der Waals surface area (Å²) in [6.07, 6.45) is 5.21. The SMILES string of the molecule is Nc1cnc2nnc(C3(N)CC3)n2c1. The first-order chi connectivity index (χ1) is 6.69. The van der Waals surface area contributed by atoms with Crippen LogP contribution in [0.4, 0.5) is 5.69 Å². The van der Waals surface area contributed by atoms with Crippen LogP contribution in [0.5, 0.6) is 0 Å². The topological polar surface area (TPSA) is 95.1 Å². The Morgan fingerprint density at radius 1 is 1.36 bits per heavy atom. The van der Waals surface area contributed by atoms with E-state index < -0.39 is 0 Å². The highest BCUT2D eigenvalue weighted by Gasteiger charge is 2.44. The number of hydrogen-bond donors (Lipinski definition) is 2. The third-order valence-corrected chi connectivity index (χ3v) is 2.52. The van der Waals surface area contributed by atoms with E-state index in [9.17, 15) is 0 Å². The highest BCUT2D eigenvalue weighted by molar-refractivity contribution is 5.40. The van der Waals surface area contributed by atoms with Crippen LogP contribution in [0.2, 0.25) is 0 Å². The quantitative estimate of drug-likeness (QED) is 0.641. The molecule has 4 N–H and O–H groups in total. The van der Waals surface area contributed by atoms with E-state index in [0.717, 1.165) is 18.7 Å². The van der Waals surface area contributed by atoms with E-state index in [1.807, 2.05) is 0 Å². The molecular weight excluding hydrogens is 180 g/mol. The van der Waals surface area contributed by atoms with Crippen molar-refractivity contribution in [2.45, 2.75) is 18.4 Å². The molecule has 0 bridgehead atoms. The van der Waals surface area contributed by atoms with Crippen molar-refractivity contribution in [1.29, 1.82) is 0 Å². The van der Waals surface area contributed by atoms with Crippen LogP contribution in [0, 0.1) is 0 Å². The summed E-state index contributed by atoms with van der Waals surface area (Å²) in [6, 6.07) is 0. The molecule has 0 saturated heterocycles. The Morgan fingerprint density at radius 2 is 2.14 bits per heavy atom. The third kappa shape index (κ3) is 0.912. The molecule has 14 heavy (non-hydrogen) atoms. The molecule has 0 amide bonds. The molecule has 2 aromatic heterocycles. The largest absolute Gasteiger partial charge is 0.396 e. The normalized spacial score (nSPS) is 18.6. The predicted molar refractivity (Wildman–Crippen MR) is 50.3 cm³/mol. The Morgan fingerprint density at radius 3 is 2.86 bits per heavy atom. The Labute approximate surface area is 79.9 Å². The first-order valence-corrected chi connectivity index (χ1v) is 4.45. The number of aromatic nitrogens is 4. The molecule has 72 valence electrons. The van der Waals surface area contributed by atoms with Crippen molar-refractivity contribution in [3.05, 3.63) is 18.2 Å². The van der Waals surface area contributed by atoms with Gasteiger partial charge in [0.25, 0.3) is 5.78 Å². The van der Waals surface area contributed by atoms with Crippen molar-refractivity contribution in [1.82, 2.24) is 19.6 Å². The third-order valence-electron chi connectivity index (χ3n) is 2.52. The molecule has 0 unspecified atom stereocenters. The molecule has 1 aliphatic carbocycles. The van der Waals surface area contributed by atoms with Gasteiger partial charge in [-0.3, -0.25) is 4.40 Å². The lowest BCUT2D eigenvalue weighted by molar-refractivity contribution is 0.661. The lowest BCUT2D eigenvalue weighted by atomic mass is 10.3. The van der Waals surface area contributed by atoms with Gasteiger partial charge in [-0.1, -0.05) is 0 Å². The molecule has 2 aromatic rings. The van der Waals surface area contributed by atoms with Gasteiger partial charge in [0.05, 0.1) is 17.4 Å². The van der Waals surface area contributed by atoms with E-state index >= 15 is 0 Å². The van der Waals surface area contributed by atoms with Crippen LogP contribution in [-0.2, 0) is 5.54 Å². The zero-order chi connectivity index (χ0) is 9.76. The average molecular weight is 190 g/mol. The van der Waals surface area contributed by atoms with Gasteiger partial charge in [0.1, 0.15) is 0 Å². The molecule has 1 saturated carbocycles. The van der Waals surface area contributed by atoms with Crippen molar-refractivity contribution in [2.75, 3.05) is 5.73 Å². The van der Waals surface area contributed by atoms with Crippen molar-refractivity contribution in [3.63, 3.8) is 0 Å². The second-order valence-electron chi connectivity index (χ2n) is 3.74. The Kier molecular flexibility index (Phi) is 1.22. The van der Waals surface area contributed by atoms with Crippen LogP contribution < -0.4 is 11.5 Å². The summed E-state index contributed by atoms with van der Waals surface area (Å²) in [5, 5.41) is 7.97. The molecule has 2 heterocycles. The molecule has 3 rings (SSSR count). The molecule has 1 aliphatic rings. The van der Waals surface area contributed by atoms with Crippen molar-refractivity contribution >= 4 is 11.5 Å². The maximum absolute atomic E-state index is 6.04. The zero-order valence-electron chi connectivity index (χ0n) is 7.51. The highest BCUT2D eigenvalue weighted by Crippen LogP contribution is 2.41. The van der Waals surface area contributed by atoms with E-state index in [2.05, 4.69) is 15.2 Å². The molecule has 0 radical (unpaired) electrons. The van der Waals surface area contributed by atoms with Crippen LogP contribution in [0.1, 0.15) is 18.7 Å². The Hall–Kier alpha value is -1.69. The van der Waals surface area contributed by atoms with Gasteiger partial charge < -0.3 is 11.5 Å². The van der Waals surface area contributed by atoms with Gasteiger partial charge in [0.15, 0.2) is 5.82 Å². The molecule has 6 heteroatoms. The number of rotatable bonds is 1. The lowest BCUT2D eigenvalue weighted by Gasteiger charge is -2.05. The molecule has 0 spiro atoms. The number of nitrogen functional groups attached to an aromatic ring is 1. The Balaban J connectivity index is 2.29. The first-order valence-electron chi connectivity index (χ1n) is 4.45. The minimum Gasteiger partial charge on any atom is -0.396 e. The lowest BCUT2D eigenvalue weighted by Crippen LogP contribution is -2.22. The average Bonchev–Trinajstić information content (AvgIpc) is 2.77. The summed E-state index contributed by atoms with van der Waals surface area (Å²) in [6.45, 7) is 0. The van der Waals surface area contributed by atoms with Crippen molar-refractivity contribution in [2.24, 2.45) is 5.73 Å². The smallest absolute Gasteiger partial charge is 0.255 e. The van der Waals surface area contributed by atoms with E-state index in [4.69, 9.17) is 11.5 Å². The van der Waals surface area contributed by atoms with E-state index in [-0.39, 0.29) is 5.54 Å². The minimum absolute atomic E-state index is 0.311. The van der Waals surface area contributed by atoms with Crippen LogP contribution in [0.25, 0.3) is 5.78 Å². The summed E-state index contributed by atoms with van der Waals surface area (Å²) in [4.78, 5) is 4.05. The van der Waals surface area contributed by atoms with Crippen LogP contribution in [-0.4, -0.2) is 19.6 Å². The predicted octanol–water partition coefficient (Wildman–Crippen LogP) is -0.346. The van der Waals surface area contributed by atoms with Gasteiger partial charge in [-0.15, -0.1) is 10.2 Å². The van der Waals surface area contributed by atoms with Crippen molar-refractivity contribution < 1.29 is 0 Å². The van der Waals surface area contributed by atoms with Gasteiger partial charge in [0.2, 0.25) is 0 Å². The summed E-state index contributed by atoms with van der Waals surface area (Å²) < 4.78 is 1.77. The molecule has 6 nitrogen and oxygen atoms in total. The second-order valence-corrected chi connectivity index (χ2v) is 3.74. The van der Waals surface area contributed by atoms with Gasteiger partial charge in [-0.05, 0) is 12.8 Å². The number of fused-ring (bicyclic) bond motifs is 1. The fourth-order valence-electron chi connectivity index (χ4n) is 1.50. The standard InChI is InChI=1S/C8H10N6/c9-5-3-11-7-13-12-6(14(7)4-5)8(10)1-2-8/h3-4H,1-2,9-10H2. The first kappa shape index (κ1) is 7.69. The number of hydrogen-bond acceptors (Lipinski definition) is 5. The molecule has 1 fully saturated rings. The fourth-order valence-corrected chi connectivity index (χ4v) is 1.50. The molecule has 0 aromatic carbocycles. The molecule has 0 aliphatic heterocycles. The zero-order valence-corrected chi connectivity index (χ0v) is 7.51. The summed E-state index contributed by atoms with van der Waals surface area (Å²) in [5.74, 6) is 1.30. The molecule has 0 atom stereocenters. The summed E-state index contributed by atoms with van der Waals surface area (Å²) >= 11 is 0. The number of nitrogens with two attached hydrogens (primary N) is 2. The van der Waals surface area contributed by atoms with Crippen LogP contribution in [0.3, 0.4) is 0 Å². The number of anilines is 1. The maximum atomic E-state index is 6.04. The van der Waals surface area contributed by atoms with Gasteiger partial charge in [0, 0.05) is 6.20 Å². The molecular formula is C8H10N6. The van der Waals surface area contributed by atoms with E-state index in [1.165, 1.54) is 0 Å². The van der Waals surface area contributed by atoms with E-state index in [0.29, 0.717) is 11.5 Å². The van der Waals surface area contributed by atoms with Crippen molar-refractivity contribution in [3.8, 4) is 0 Å². The van der Waals surface area contributed by atoms with Crippen LogP contribution >= 0.6 is 0 Å². The van der Waals surface area contributed by atoms with Gasteiger partial charge in [-0.25, -0.2) is 4.98 Å². The van der Waals surface area contributed by atoms with Crippen LogP contribution in [0.15, 0.2) is 12.4 Å². The minimum atomic E-state index is -0.311. The van der Waals surface area contributed by atoms with Gasteiger partial charge in [-0.2, -0.15) is 0 Å². The van der Waals surface area contributed by atoms with Gasteiger partial charge >= 0.3 is 0 Å². The van der Waals surface area contributed by atoms with E-state index in [1.54, 1.807) is 16.8 Å². The monoisotopic (exact) mass is 190 g/mol. The fraction of sp³-hybridized carbons (Fsp3) is 0.375. The number of nitrogens with zero attached hydrogens (tertiary/aromatic N) is 4. The summed E-state index contributed by atoms with van der Waals surface area (Å²) in [7, 11) is 0. The second kappa shape index (κ2) is 2.21. The summed E-state index contributed by atoms with van der Waals surface area (Å²) in [5.41, 5.74) is 11.9.